The number of nitrogens with two attached hydrogens (primary N) is 1. The number of nitrogens with zero attached hydrogens (tertiary/aromatic N) is 4. The Bertz CT molecular complexity index is 968. The Kier molecular flexibility index (Phi) is 5.03. The minimum Gasteiger partial charge on any atom is -0.352 e. The fourth-order valence-electron chi connectivity index (χ4n) is 3.30. The van der Waals surface area contributed by atoms with E-state index in [-0.39, 0.29) is 5.91 Å². The minimum atomic E-state index is -0.682. The van der Waals surface area contributed by atoms with Crippen molar-refractivity contribution in [2.45, 2.75) is 6.04 Å². The van der Waals surface area contributed by atoms with Gasteiger partial charge >= 0.3 is 0 Å². The SMILES string of the molecule is NC(C(=O)N1CCN(c2ncnc3[nH]cc(Br)c23)CC1)c1ccc(Cl)cc1. The first-order valence-corrected chi connectivity index (χ1v) is 9.74. The summed E-state index contributed by atoms with van der Waals surface area (Å²) in [5.41, 5.74) is 7.72. The number of anilines is 1. The molecule has 0 saturated carbocycles. The molecule has 1 aromatic carbocycles. The Morgan fingerprint density at radius 1 is 1.19 bits per heavy atom. The molecule has 1 aliphatic rings. The molecule has 1 aliphatic heterocycles. The van der Waals surface area contributed by atoms with Crippen molar-refractivity contribution in [3.05, 3.63) is 51.8 Å². The first kappa shape index (κ1) is 18.2. The fourth-order valence-corrected chi connectivity index (χ4v) is 3.90. The first-order valence-electron chi connectivity index (χ1n) is 8.57. The molecule has 1 saturated heterocycles. The smallest absolute Gasteiger partial charge is 0.244 e. The molecule has 0 bridgehead atoms. The second-order valence-corrected chi connectivity index (χ2v) is 7.69. The van der Waals surface area contributed by atoms with Crippen molar-refractivity contribution in [2.24, 2.45) is 5.73 Å². The predicted octanol–water partition coefficient (Wildman–Crippen LogP) is 2.72. The number of carbonyl (C=O) groups excluding carboxylic acids is 1. The summed E-state index contributed by atoms with van der Waals surface area (Å²) in [5.74, 6) is 0.787. The third kappa shape index (κ3) is 3.52. The average molecular weight is 450 g/mol. The van der Waals surface area contributed by atoms with Gasteiger partial charge in [-0.1, -0.05) is 23.7 Å². The lowest BCUT2D eigenvalue weighted by atomic mass is 10.1. The molecule has 0 spiro atoms. The van der Waals surface area contributed by atoms with Crippen LogP contribution in [-0.2, 0) is 4.79 Å². The average Bonchev–Trinajstić information content (AvgIpc) is 3.09. The second kappa shape index (κ2) is 7.46. The van der Waals surface area contributed by atoms with Gasteiger partial charge in [0.25, 0.3) is 0 Å². The van der Waals surface area contributed by atoms with E-state index >= 15 is 0 Å². The van der Waals surface area contributed by atoms with E-state index in [1.54, 1.807) is 35.5 Å². The largest absolute Gasteiger partial charge is 0.352 e. The second-order valence-electron chi connectivity index (χ2n) is 6.40. The summed E-state index contributed by atoms with van der Waals surface area (Å²) >= 11 is 9.45. The quantitative estimate of drug-likeness (QED) is 0.641. The molecule has 3 heterocycles. The van der Waals surface area contributed by atoms with Crippen LogP contribution in [0.25, 0.3) is 11.0 Å². The van der Waals surface area contributed by atoms with Gasteiger partial charge < -0.3 is 20.5 Å². The molecule has 1 fully saturated rings. The summed E-state index contributed by atoms with van der Waals surface area (Å²) in [7, 11) is 0. The summed E-state index contributed by atoms with van der Waals surface area (Å²) in [6.45, 7) is 2.55. The summed E-state index contributed by atoms with van der Waals surface area (Å²) in [6, 6.07) is 6.40. The molecule has 2 aromatic heterocycles. The standard InChI is InChI=1S/C18H18BrClN6O/c19-13-9-22-16-14(13)17(24-10-23-16)25-5-7-26(8-6-25)18(27)15(21)11-1-3-12(20)4-2-11/h1-4,9-10,15H,5-8,21H2,(H,22,23,24). The van der Waals surface area contributed by atoms with Crippen molar-refractivity contribution in [3.63, 3.8) is 0 Å². The van der Waals surface area contributed by atoms with E-state index in [0.717, 1.165) is 26.9 Å². The molecule has 0 aliphatic carbocycles. The monoisotopic (exact) mass is 448 g/mol. The molecular weight excluding hydrogens is 432 g/mol. The van der Waals surface area contributed by atoms with Crippen molar-refractivity contribution in [1.29, 1.82) is 0 Å². The Morgan fingerprint density at radius 3 is 2.59 bits per heavy atom. The number of benzene rings is 1. The number of amides is 1. The van der Waals surface area contributed by atoms with Crippen molar-refractivity contribution < 1.29 is 4.79 Å². The van der Waals surface area contributed by atoms with Crippen LogP contribution in [-0.4, -0.2) is 51.9 Å². The Hall–Kier alpha value is -2.16. The number of rotatable bonds is 3. The van der Waals surface area contributed by atoms with E-state index in [0.29, 0.717) is 31.2 Å². The molecular formula is C18H18BrClN6O. The highest BCUT2D eigenvalue weighted by Crippen LogP contribution is 2.30. The lowest BCUT2D eigenvalue weighted by molar-refractivity contribution is -0.133. The van der Waals surface area contributed by atoms with Gasteiger partial charge in [-0.25, -0.2) is 9.97 Å². The maximum atomic E-state index is 12.8. The molecule has 1 unspecified atom stereocenters. The van der Waals surface area contributed by atoms with Gasteiger partial charge in [-0.05, 0) is 33.6 Å². The van der Waals surface area contributed by atoms with Gasteiger partial charge in [0.1, 0.15) is 23.8 Å². The van der Waals surface area contributed by atoms with Gasteiger partial charge in [0.2, 0.25) is 5.91 Å². The zero-order chi connectivity index (χ0) is 19.0. The molecule has 140 valence electrons. The normalized spacial score (nSPS) is 16.0. The van der Waals surface area contributed by atoms with Crippen molar-refractivity contribution >= 4 is 50.3 Å². The maximum absolute atomic E-state index is 12.8. The number of H-pyrrole nitrogens is 1. The van der Waals surface area contributed by atoms with Crippen LogP contribution in [0.4, 0.5) is 5.82 Å². The topological polar surface area (TPSA) is 91.1 Å². The number of fused-ring (bicyclic) bond motifs is 1. The van der Waals surface area contributed by atoms with Gasteiger partial charge in [0, 0.05) is 41.9 Å². The molecule has 3 N–H and O–H groups in total. The number of aromatic amines is 1. The number of halogens is 2. The summed E-state index contributed by atoms with van der Waals surface area (Å²) < 4.78 is 0.927. The van der Waals surface area contributed by atoms with Crippen LogP contribution in [0.5, 0.6) is 0 Å². The summed E-state index contributed by atoms with van der Waals surface area (Å²) in [6.07, 6.45) is 3.41. The van der Waals surface area contributed by atoms with Crippen LogP contribution >= 0.6 is 27.5 Å². The van der Waals surface area contributed by atoms with Crippen LogP contribution in [0.15, 0.2) is 41.3 Å². The van der Waals surface area contributed by atoms with Crippen molar-refractivity contribution in [1.82, 2.24) is 19.9 Å². The number of hydrogen-bond acceptors (Lipinski definition) is 5. The Labute approximate surface area is 169 Å². The van der Waals surface area contributed by atoms with Gasteiger partial charge in [-0.2, -0.15) is 0 Å². The number of nitrogens with one attached hydrogen (secondary N) is 1. The van der Waals surface area contributed by atoms with Crippen LogP contribution in [0, 0.1) is 0 Å². The molecule has 27 heavy (non-hydrogen) atoms. The molecule has 1 amide bonds. The van der Waals surface area contributed by atoms with Crippen LogP contribution in [0.1, 0.15) is 11.6 Å². The Morgan fingerprint density at radius 2 is 1.89 bits per heavy atom. The molecule has 0 radical (unpaired) electrons. The van der Waals surface area contributed by atoms with E-state index in [9.17, 15) is 4.79 Å². The fraction of sp³-hybridized carbons (Fsp3) is 0.278. The molecule has 4 rings (SSSR count). The lowest BCUT2D eigenvalue weighted by Crippen LogP contribution is -2.51. The predicted molar refractivity (Wildman–Crippen MR) is 109 cm³/mol. The third-order valence-electron chi connectivity index (χ3n) is 4.79. The van der Waals surface area contributed by atoms with Gasteiger partial charge in [-0.15, -0.1) is 0 Å². The summed E-state index contributed by atoms with van der Waals surface area (Å²) in [4.78, 5) is 28.6. The Balaban J connectivity index is 1.46. The van der Waals surface area contributed by atoms with E-state index in [2.05, 4.69) is 35.8 Å². The third-order valence-corrected chi connectivity index (χ3v) is 5.67. The van der Waals surface area contributed by atoms with Crippen LogP contribution < -0.4 is 10.6 Å². The van der Waals surface area contributed by atoms with Crippen molar-refractivity contribution in [3.8, 4) is 0 Å². The zero-order valence-corrected chi connectivity index (χ0v) is 16.7. The minimum absolute atomic E-state index is 0.0763. The molecule has 3 aromatic rings. The number of hydrogen-bond donors (Lipinski definition) is 2. The first-order chi connectivity index (χ1) is 13.0. The highest BCUT2D eigenvalue weighted by atomic mass is 79.9. The highest BCUT2D eigenvalue weighted by molar-refractivity contribution is 9.10. The van der Waals surface area contributed by atoms with Crippen LogP contribution in [0.2, 0.25) is 5.02 Å². The number of piperazine rings is 1. The van der Waals surface area contributed by atoms with E-state index in [4.69, 9.17) is 17.3 Å². The maximum Gasteiger partial charge on any atom is 0.244 e. The van der Waals surface area contributed by atoms with Crippen LogP contribution in [0.3, 0.4) is 0 Å². The molecule has 9 heteroatoms. The zero-order valence-electron chi connectivity index (χ0n) is 14.4. The highest BCUT2D eigenvalue weighted by Gasteiger charge is 2.27. The van der Waals surface area contributed by atoms with Gasteiger partial charge in [0.15, 0.2) is 0 Å². The number of carbonyl (C=O) groups is 1. The lowest BCUT2D eigenvalue weighted by Gasteiger charge is -2.36. The van der Waals surface area contributed by atoms with E-state index in [1.165, 1.54) is 0 Å². The molecule has 1 atom stereocenters. The van der Waals surface area contributed by atoms with Gasteiger partial charge in [0.05, 0.1) is 5.39 Å². The number of aromatic nitrogens is 3. The van der Waals surface area contributed by atoms with E-state index in [1.807, 2.05) is 6.20 Å². The molecule has 7 nitrogen and oxygen atoms in total. The van der Waals surface area contributed by atoms with E-state index < -0.39 is 6.04 Å². The van der Waals surface area contributed by atoms with Crippen molar-refractivity contribution in [2.75, 3.05) is 31.1 Å². The van der Waals surface area contributed by atoms with Gasteiger partial charge in [-0.3, -0.25) is 4.79 Å². The summed E-state index contributed by atoms with van der Waals surface area (Å²) in [5, 5.41) is 1.58.